The highest BCUT2D eigenvalue weighted by Gasteiger charge is 2.15. The minimum Gasteiger partial charge on any atom is -0.363 e. The molecule has 0 aromatic heterocycles. The van der Waals surface area contributed by atoms with E-state index in [9.17, 15) is 4.79 Å². The van der Waals surface area contributed by atoms with Gasteiger partial charge in [-0.2, -0.15) is 0 Å². The Balaban J connectivity index is -0.000000501. The minimum absolute atomic E-state index is 0.0295. The van der Waals surface area contributed by atoms with Crippen molar-refractivity contribution in [1.29, 1.82) is 0 Å². The second kappa shape index (κ2) is 27.8. The molecule has 0 saturated carbocycles. The summed E-state index contributed by atoms with van der Waals surface area (Å²) in [6.07, 6.45) is 7.51. The smallest absolute Gasteiger partial charge is 0.319 e. The number of carbonyl (C=O) groups is 1. The average molecular weight is 580 g/mol. The van der Waals surface area contributed by atoms with Gasteiger partial charge in [0.15, 0.2) is 0 Å². The third-order valence-electron chi connectivity index (χ3n) is 5.27. The van der Waals surface area contributed by atoms with E-state index in [2.05, 4.69) is 77.6 Å². The van der Waals surface area contributed by atoms with Gasteiger partial charge in [0.25, 0.3) is 0 Å². The molecule has 0 aliphatic heterocycles. The van der Waals surface area contributed by atoms with Crippen LogP contribution in [0.1, 0.15) is 73.1 Å². The lowest BCUT2D eigenvalue weighted by atomic mass is 10.2. The number of nitrogens with zero attached hydrogens (tertiary/aromatic N) is 3. The number of carbonyl (C=O) groups excluding carboxylic acids is 1. The minimum atomic E-state index is 0.0295. The normalized spacial score (nSPS) is 14.1. The summed E-state index contributed by atoms with van der Waals surface area (Å²) >= 11 is 0. The molecule has 8 atom stereocenters. The van der Waals surface area contributed by atoms with E-state index >= 15 is 0 Å². The second-order valence-electron chi connectivity index (χ2n) is 9.22. The van der Waals surface area contributed by atoms with Gasteiger partial charge in [-0.15, -0.1) is 0 Å². The molecule has 2 amide bonds. The maximum Gasteiger partial charge on any atom is 0.319 e. The van der Waals surface area contributed by atoms with Gasteiger partial charge in [-0.1, -0.05) is 19.8 Å². The standard InChI is InChI=1S/C11H26N2O3P2.C6H16NOP.C6H15OP/c1-9(15-17)5-7-12(3)11(14)13(4)8-6-10(2)16-18;1-6(8-9)4-5-7(2)3;1-3-4-5-6(2)7-8/h9-10H,5-8,17-18H2,1-4H3;6H,4-5,9H2,1-3H3;6H,3-5,8H2,1-2H3. The van der Waals surface area contributed by atoms with E-state index in [1.807, 2.05) is 27.9 Å². The molecular weight excluding hydrogens is 522 g/mol. The summed E-state index contributed by atoms with van der Waals surface area (Å²) in [4.78, 5) is 17.6. The van der Waals surface area contributed by atoms with Crippen molar-refractivity contribution in [2.75, 3.05) is 47.8 Å². The van der Waals surface area contributed by atoms with Gasteiger partial charge in [-0.05, 0) is 74.0 Å². The largest absolute Gasteiger partial charge is 0.363 e. The van der Waals surface area contributed by atoms with Gasteiger partial charge in [-0.25, -0.2) is 4.79 Å². The fourth-order valence-corrected chi connectivity index (χ4v) is 2.98. The van der Waals surface area contributed by atoms with Gasteiger partial charge in [0, 0.05) is 65.1 Å². The second-order valence-corrected chi connectivity index (χ2v) is 10.3. The molecule has 0 aromatic carbocycles. The lowest BCUT2D eigenvalue weighted by molar-refractivity contribution is 0.155. The van der Waals surface area contributed by atoms with Crippen molar-refractivity contribution in [3.8, 4) is 0 Å². The van der Waals surface area contributed by atoms with Crippen LogP contribution < -0.4 is 0 Å². The molecule has 12 heteroatoms. The molecule has 0 aromatic rings. The summed E-state index contributed by atoms with van der Waals surface area (Å²) < 4.78 is 20.1. The SMILES string of the molecule is CC(CCN(C)C(=O)N(C)CCC(C)OP)OP.CC(CCN(C)C)OP.CCCCC(C)OP. The summed E-state index contributed by atoms with van der Waals surface area (Å²) in [5.41, 5.74) is 0. The van der Waals surface area contributed by atoms with Crippen LogP contribution in [0.25, 0.3) is 0 Å². The fourth-order valence-electron chi connectivity index (χ4n) is 2.44. The molecule has 0 saturated heterocycles. The highest BCUT2D eigenvalue weighted by molar-refractivity contribution is 7.10. The number of hydrogen-bond acceptors (Lipinski definition) is 6. The third-order valence-corrected chi connectivity index (χ3v) is 7.13. The predicted molar refractivity (Wildman–Crippen MR) is 164 cm³/mol. The zero-order valence-corrected chi connectivity index (χ0v) is 28.5. The number of amides is 2. The number of rotatable bonds is 16. The Bertz CT molecular complexity index is 449. The van der Waals surface area contributed by atoms with E-state index in [-0.39, 0.29) is 18.2 Å². The first kappa shape index (κ1) is 40.3. The van der Waals surface area contributed by atoms with Crippen molar-refractivity contribution in [3.63, 3.8) is 0 Å². The van der Waals surface area contributed by atoms with Crippen molar-refractivity contribution in [2.24, 2.45) is 0 Å². The molecule has 0 N–H and O–H groups in total. The van der Waals surface area contributed by atoms with Gasteiger partial charge >= 0.3 is 6.03 Å². The zero-order valence-electron chi connectivity index (χ0n) is 23.9. The van der Waals surface area contributed by atoms with Crippen LogP contribution in [0.15, 0.2) is 0 Å². The van der Waals surface area contributed by atoms with Gasteiger partial charge in [-0.3, -0.25) is 0 Å². The molecule has 0 spiro atoms. The maximum absolute atomic E-state index is 12.0. The Morgan fingerprint density at radius 2 is 0.943 bits per heavy atom. The van der Waals surface area contributed by atoms with Crippen molar-refractivity contribution < 1.29 is 22.9 Å². The Labute approximate surface area is 226 Å². The zero-order chi connectivity index (χ0) is 27.8. The van der Waals surface area contributed by atoms with E-state index in [0.717, 1.165) is 25.8 Å². The molecule has 214 valence electrons. The first-order valence-electron chi connectivity index (χ1n) is 12.4. The lowest BCUT2D eigenvalue weighted by Crippen LogP contribution is -2.40. The van der Waals surface area contributed by atoms with Crippen LogP contribution in [-0.2, 0) is 18.1 Å². The van der Waals surface area contributed by atoms with Crippen LogP contribution in [-0.4, -0.2) is 93.0 Å². The topological polar surface area (TPSA) is 63.7 Å². The lowest BCUT2D eigenvalue weighted by Gasteiger charge is -2.26. The highest BCUT2D eigenvalue weighted by atomic mass is 31.0. The highest BCUT2D eigenvalue weighted by Crippen LogP contribution is 2.07. The Kier molecular flexibility index (Phi) is 32.0. The van der Waals surface area contributed by atoms with E-state index < -0.39 is 0 Å². The Hall–Kier alpha value is 0.790. The fraction of sp³-hybridized carbons (Fsp3) is 0.957. The van der Waals surface area contributed by atoms with Crippen LogP contribution in [0.5, 0.6) is 0 Å². The van der Waals surface area contributed by atoms with Gasteiger partial charge in [0.2, 0.25) is 0 Å². The molecule has 0 aliphatic carbocycles. The maximum atomic E-state index is 12.0. The molecule has 0 aliphatic rings. The number of hydrogen-bond donors (Lipinski definition) is 0. The first-order chi connectivity index (χ1) is 16.4. The van der Waals surface area contributed by atoms with Crippen molar-refractivity contribution >= 4 is 43.9 Å². The van der Waals surface area contributed by atoms with Crippen LogP contribution in [0.3, 0.4) is 0 Å². The molecule has 0 fully saturated rings. The average Bonchev–Trinajstić information content (AvgIpc) is 2.86. The molecule has 0 bridgehead atoms. The van der Waals surface area contributed by atoms with Crippen molar-refractivity contribution in [2.45, 2.75) is 97.6 Å². The molecular formula is C23H57N3O5P4. The Morgan fingerprint density at radius 3 is 1.23 bits per heavy atom. The van der Waals surface area contributed by atoms with Gasteiger partial charge in [0.1, 0.15) is 0 Å². The van der Waals surface area contributed by atoms with Gasteiger partial charge < -0.3 is 32.8 Å². The van der Waals surface area contributed by atoms with Crippen LogP contribution >= 0.6 is 37.9 Å². The van der Waals surface area contributed by atoms with Crippen molar-refractivity contribution in [3.05, 3.63) is 0 Å². The Morgan fingerprint density at radius 1 is 0.629 bits per heavy atom. The summed E-state index contributed by atoms with van der Waals surface area (Å²) in [5.74, 6) is 0. The summed E-state index contributed by atoms with van der Waals surface area (Å²) in [6, 6.07) is 0.0295. The van der Waals surface area contributed by atoms with Crippen molar-refractivity contribution in [1.82, 2.24) is 14.7 Å². The molecule has 35 heavy (non-hydrogen) atoms. The first-order valence-corrected chi connectivity index (χ1v) is 14.3. The molecule has 0 heterocycles. The summed E-state index contributed by atoms with van der Waals surface area (Å²) in [5, 5.41) is 0. The summed E-state index contributed by atoms with van der Waals surface area (Å²) in [7, 11) is 16.8. The summed E-state index contributed by atoms with van der Waals surface area (Å²) in [6.45, 7) is 12.8. The van der Waals surface area contributed by atoms with Crippen LogP contribution in [0.2, 0.25) is 0 Å². The van der Waals surface area contributed by atoms with E-state index in [1.165, 1.54) is 19.3 Å². The van der Waals surface area contributed by atoms with E-state index in [0.29, 0.717) is 25.3 Å². The molecule has 8 unspecified atom stereocenters. The van der Waals surface area contributed by atoms with Crippen LogP contribution in [0, 0.1) is 0 Å². The van der Waals surface area contributed by atoms with E-state index in [4.69, 9.17) is 18.1 Å². The predicted octanol–water partition coefficient (Wildman–Crippen LogP) is 5.65. The number of urea groups is 1. The van der Waals surface area contributed by atoms with Crippen LogP contribution in [0.4, 0.5) is 4.79 Å². The third kappa shape index (κ3) is 29.2. The van der Waals surface area contributed by atoms with E-state index in [1.54, 1.807) is 9.80 Å². The molecule has 8 nitrogen and oxygen atoms in total. The molecule has 0 rings (SSSR count). The number of unbranched alkanes of at least 4 members (excludes halogenated alkanes) is 1. The van der Waals surface area contributed by atoms with Gasteiger partial charge in [0.05, 0.1) is 24.4 Å². The monoisotopic (exact) mass is 579 g/mol. The quantitative estimate of drug-likeness (QED) is 0.221. The molecule has 0 radical (unpaired) electrons.